The van der Waals surface area contributed by atoms with Crippen molar-refractivity contribution in [3.8, 4) is 11.5 Å². The Balaban J connectivity index is 2.11. The minimum absolute atomic E-state index is 0.137. The van der Waals surface area contributed by atoms with Gasteiger partial charge in [-0.05, 0) is 28.0 Å². The summed E-state index contributed by atoms with van der Waals surface area (Å²) in [6, 6.07) is 16.7. The van der Waals surface area contributed by atoms with Gasteiger partial charge in [-0.2, -0.15) is 0 Å². The summed E-state index contributed by atoms with van der Waals surface area (Å²) in [5.41, 5.74) is 2.06. The number of methoxy groups -OCH3 is 2. The van der Waals surface area contributed by atoms with Gasteiger partial charge in [-0.15, -0.1) is 0 Å². The van der Waals surface area contributed by atoms with E-state index >= 15 is 0 Å². The molecule has 0 unspecified atom stereocenters. The van der Waals surface area contributed by atoms with E-state index in [9.17, 15) is 9.90 Å². The van der Waals surface area contributed by atoms with E-state index in [-0.39, 0.29) is 11.7 Å². The highest BCUT2D eigenvalue weighted by Crippen LogP contribution is 2.29. The van der Waals surface area contributed by atoms with Crippen molar-refractivity contribution < 1.29 is 19.4 Å². The van der Waals surface area contributed by atoms with Crippen molar-refractivity contribution in [1.29, 1.82) is 0 Å². The van der Waals surface area contributed by atoms with Crippen LogP contribution in [-0.4, -0.2) is 25.3 Å². The average Bonchev–Trinajstić information content (AvgIpc) is 2.62. The molecule has 4 heteroatoms. The Morgan fingerprint density at radius 1 is 1.00 bits per heavy atom. The molecule has 24 heavy (non-hydrogen) atoms. The predicted octanol–water partition coefficient (Wildman–Crippen LogP) is 3.93. The summed E-state index contributed by atoms with van der Waals surface area (Å²) in [6.45, 7) is 0. The van der Waals surface area contributed by atoms with Crippen molar-refractivity contribution in [2.75, 3.05) is 14.2 Å². The molecule has 0 aliphatic heterocycles. The molecule has 0 bridgehead atoms. The maximum Gasteiger partial charge on any atom is 0.338 e. The van der Waals surface area contributed by atoms with Crippen molar-refractivity contribution in [2.45, 2.75) is 6.42 Å². The highest BCUT2D eigenvalue weighted by atomic mass is 16.5. The van der Waals surface area contributed by atoms with Crippen LogP contribution in [0.25, 0.3) is 10.8 Å². The van der Waals surface area contributed by atoms with E-state index in [0.717, 1.165) is 21.9 Å². The Hall–Kier alpha value is -3.01. The highest BCUT2D eigenvalue weighted by molar-refractivity contribution is 6.06. The van der Waals surface area contributed by atoms with Crippen LogP contribution in [0.3, 0.4) is 0 Å². The fraction of sp³-hybridized carbons (Fsp3) is 0.150. The van der Waals surface area contributed by atoms with Crippen LogP contribution in [0.15, 0.2) is 54.6 Å². The van der Waals surface area contributed by atoms with Gasteiger partial charge in [0.1, 0.15) is 11.5 Å². The predicted molar refractivity (Wildman–Crippen MR) is 92.8 cm³/mol. The lowest BCUT2D eigenvalue weighted by atomic mass is 9.94. The standard InChI is InChI=1S/C20H18O4/c1-23-16-10-9-14(18(21)12-16)11-15-8-7-13-5-3-4-6-17(13)19(15)20(22)24-2/h3-10,12,21H,11H2,1-2H3. The number of benzene rings is 3. The summed E-state index contributed by atoms with van der Waals surface area (Å²) < 4.78 is 10.1. The van der Waals surface area contributed by atoms with Gasteiger partial charge in [0.05, 0.1) is 19.8 Å². The van der Waals surface area contributed by atoms with Crippen LogP contribution in [0.4, 0.5) is 0 Å². The van der Waals surface area contributed by atoms with Crippen LogP contribution < -0.4 is 4.74 Å². The minimum Gasteiger partial charge on any atom is -0.508 e. The molecule has 3 aromatic rings. The highest BCUT2D eigenvalue weighted by Gasteiger charge is 2.17. The Morgan fingerprint density at radius 2 is 1.75 bits per heavy atom. The molecule has 0 atom stereocenters. The molecular weight excluding hydrogens is 304 g/mol. The Kier molecular flexibility index (Phi) is 4.38. The summed E-state index contributed by atoms with van der Waals surface area (Å²) in [7, 11) is 2.92. The molecule has 0 aromatic heterocycles. The molecule has 0 radical (unpaired) electrons. The van der Waals surface area contributed by atoms with E-state index in [0.29, 0.717) is 17.7 Å². The van der Waals surface area contributed by atoms with Gasteiger partial charge in [0, 0.05) is 12.5 Å². The van der Waals surface area contributed by atoms with Gasteiger partial charge in [-0.3, -0.25) is 0 Å². The van der Waals surface area contributed by atoms with E-state index in [4.69, 9.17) is 9.47 Å². The number of phenols is 1. The zero-order valence-corrected chi connectivity index (χ0v) is 13.6. The quantitative estimate of drug-likeness (QED) is 0.739. The molecule has 0 amide bonds. The summed E-state index contributed by atoms with van der Waals surface area (Å²) in [5, 5.41) is 12.0. The number of phenolic OH excluding ortho intramolecular Hbond substituents is 1. The lowest BCUT2D eigenvalue weighted by Crippen LogP contribution is -2.07. The lowest BCUT2D eigenvalue weighted by molar-refractivity contribution is 0.0602. The van der Waals surface area contributed by atoms with Crippen molar-refractivity contribution >= 4 is 16.7 Å². The van der Waals surface area contributed by atoms with Gasteiger partial charge in [0.2, 0.25) is 0 Å². The zero-order chi connectivity index (χ0) is 17.1. The number of carbonyl (C=O) groups is 1. The van der Waals surface area contributed by atoms with E-state index in [1.807, 2.05) is 36.4 Å². The zero-order valence-electron chi connectivity index (χ0n) is 13.6. The molecule has 0 saturated heterocycles. The molecule has 3 aromatic carbocycles. The number of esters is 1. The van der Waals surface area contributed by atoms with Crippen LogP contribution in [0, 0.1) is 0 Å². The van der Waals surface area contributed by atoms with Gasteiger partial charge in [0.15, 0.2) is 0 Å². The molecule has 0 fully saturated rings. The van der Waals surface area contributed by atoms with Crippen LogP contribution >= 0.6 is 0 Å². The van der Waals surface area contributed by atoms with Crippen LogP contribution in [-0.2, 0) is 11.2 Å². The molecule has 122 valence electrons. The first-order chi connectivity index (χ1) is 11.6. The number of hydrogen-bond donors (Lipinski definition) is 1. The minimum atomic E-state index is -0.380. The van der Waals surface area contributed by atoms with Gasteiger partial charge in [0.25, 0.3) is 0 Å². The van der Waals surface area contributed by atoms with Crippen LogP contribution in [0.2, 0.25) is 0 Å². The number of hydrogen-bond acceptors (Lipinski definition) is 4. The van der Waals surface area contributed by atoms with Crippen molar-refractivity contribution in [2.24, 2.45) is 0 Å². The first kappa shape index (κ1) is 15.9. The van der Waals surface area contributed by atoms with Crippen molar-refractivity contribution in [3.63, 3.8) is 0 Å². The normalized spacial score (nSPS) is 10.6. The van der Waals surface area contributed by atoms with Gasteiger partial charge < -0.3 is 14.6 Å². The third-order valence-electron chi connectivity index (χ3n) is 4.08. The fourth-order valence-electron chi connectivity index (χ4n) is 2.83. The van der Waals surface area contributed by atoms with Gasteiger partial charge >= 0.3 is 5.97 Å². The topological polar surface area (TPSA) is 55.8 Å². The van der Waals surface area contributed by atoms with Crippen LogP contribution in [0.1, 0.15) is 21.5 Å². The summed E-state index contributed by atoms with van der Waals surface area (Å²) in [5.74, 6) is 0.344. The van der Waals surface area contributed by atoms with Gasteiger partial charge in [-0.25, -0.2) is 4.79 Å². The molecule has 3 rings (SSSR count). The summed E-state index contributed by atoms with van der Waals surface area (Å²) in [6.07, 6.45) is 0.422. The number of fused-ring (bicyclic) bond motifs is 1. The molecular formula is C20H18O4. The first-order valence-electron chi connectivity index (χ1n) is 7.59. The number of rotatable bonds is 4. The molecule has 0 spiro atoms. The fourth-order valence-corrected chi connectivity index (χ4v) is 2.83. The Morgan fingerprint density at radius 3 is 2.46 bits per heavy atom. The molecule has 4 nitrogen and oxygen atoms in total. The Bertz CT molecular complexity index is 899. The third kappa shape index (κ3) is 2.91. The van der Waals surface area contributed by atoms with Crippen molar-refractivity contribution in [3.05, 3.63) is 71.3 Å². The smallest absolute Gasteiger partial charge is 0.338 e. The number of aromatic hydroxyl groups is 1. The molecule has 0 heterocycles. The summed E-state index contributed by atoms with van der Waals surface area (Å²) in [4.78, 5) is 12.3. The van der Waals surface area contributed by atoms with Gasteiger partial charge in [-0.1, -0.05) is 42.5 Å². The molecule has 1 N–H and O–H groups in total. The third-order valence-corrected chi connectivity index (χ3v) is 4.08. The van der Waals surface area contributed by atoms with Crippen LogP contribution in [0.5, 0.6) is 11.5 Å². The van der Waals surface area contributed by atoms with Crippen molar-refractivity contribution in [1.82, 2.24) is 0 Å². The maximum atomic E-state index is 12.3. The largest absolute Gasteiger partial charge is 0.508 e. The van der Waals surface area contributed by atoms with E-state index in [1.165, 1.54) is 7.11 Å². The monoisotopic (exact) mass is 322 g/mol. The van der Waals surface area contributed by atoms with E-state index < -0.39 is 0 Å². The lowest BCUT2D eigenvalue weighted by Gasteiger charge is -2.13. The average molecular weight is 322 g/mol. The van der Waals surface area contributed by atoms with E-state index in [1.54, 1.807) is 25.3 Å². The second-order valence-electron chi connectivity index (χ2n) is 5.48. The maximum absolute atomic E-state index is 12.3. The number of ether oxygens (including phenoxy) is 2. The first-order valence-corrected chi connectivity index (χ1v) is 7.59. The second-order valence-corrected chi connectivity index (χ2v) is 5.48. The Labute approximate surface area is 140 Å². The molecule has 0 aliphatic rings. The molecule has 0 saturated carbocycles. The SMILES string of the molecule is COC(=O)c1c(Cc2ccc(OC)cc2O)ccc2ccccc12. The second kappa shape index (κ2) is 6.62. The summed E-state index contributed by atoms with van der Waals surface area (Å²) >= 11 is 0. The molecule has 0 aliphatic carbocycles. The van der Waals surface area contributed by atoms with E-state index in [2.05, 4.69) is 0 Å². The number of carbonyl (C=O) groups excluding carboxylic acids is 1.